The number of carbonyl (C=O) groups excluding carboxylic acids is 1. The average Bonchev–Trinajstić information content (AvgIpc) is 2.69. The SMILES string of the molecule is Cc1ccc(CN(C)C(=O)c2ccc(OCc3cccnc3)cc2)c(C)c1. The van der Waals surface area contributed by atoms with Crippen molar-refractivity contribution < 1.29 is 9.53 Å². The Kier molecular flexibility index (Phi) is 5.87. The van der Waals surface area contributed by atoms with Crippen molar-refractivity contribution in [3.8, 4) is 5.75 Å². The molecule has 2 aromatic carbocycles. The van der Waals surface area contributed by atoms with Crippen molar-refractivity contribution in [3.63, 3.8) is 0 Å². The normalized spacial score (nSPS) is 10.5. The van der Waals surface area contributed by atoms with Crippen LogP contribution in [-0.2, 0) is 13.2 Å². The third-order valence-electron chi connectivity index (χ3n) is 4.48. The summed E-state index contributed by atoms with van der Waals surface area (Å²) in [4.78, 5) is 18.5. The zero-order valence-electron chi connectivity index (χ0n) is 16.0. The number of aryl methyl sites for hydroxylation is 2. The predicted molar refractivity (Wildman–Crippen MR) is 107 cm³/mol. The molecule has 3 aromatic rings. The molecule has 4 nitrogen and oxygen atoms in total. The summed E-state index contributed by atoms with van der Waals surface area (Å²) in [6.45, 7) is 5.19. The van der Waals surface area contributed by atoms with E-state index in [0.29, 0.717) is 18.7 Å². The van der Waals surface area contributed by atoms with Crippen LogP contribution in [0.15, 0.2) is 67.0 Å². The van der Waals surface area contributed by atoms with Gasteiger partial charge in [-0.05, 0) is 55.3 Å². The van der Waals surface area contributed by atoms with Gasteiger partial charge >= 0.3 is 0 Å². The van der Waals surface area contributed by atoms with Crippen LogP contribution >= 0.6 is 0 Å². The minimum absolute atomic E-state index is 0.00576. The summed E-state index contributed by atoms with van der Waals surface area (Å²) in [6.07, 6.45) is 3.51. The molecule has 138 valence electrons. The van der Waals surface area contributed by atoms with Crippen LogP contribution in [0.4, 0.5) is 0 Å². The maximum atomic E-state index is 12.7. The molecule has 0 radical (unpaired) electrons. The molecule has 27 heavy (non-hydrogen) atoms. The quantitative estimate of drug-likeness (QED) is 0.648. The highest BCUT2D eigenvalue weighted by atomic mass is 16.5. The zero-order chi connectivity index (χ0) is 19.2. The van der Waals surface area contributed by atoms with Crippen LogP contribution in [0.2, 0.25) is 0 Å². The van der Waals surface area contributed by atoms with E-state index in [1.165, 1.54) is 11.1 Å². The third kappa shape index (κ3) is 4.94. The fraction of sp³-hybridized carbons (Fsp3) is 0.217. The lowest BCUT2D eigenvalue weighted by molar-refractivity contribution is 0.0785. The van der Waals surface area contributed by atoms with E-state index >= 15 is 0 Å². The summed E-state index contributed by atoms with van der Waals surface area (Å²) in [5.41, 5.74) is 5.25. The second kappa shape index (κ2) is 8.49. The van der Waals surface area contributed by atoms with Gasteiger partial charge in [0.25, 0.3) is 5.91 Å². The van der Waals surface area contributed by atoms with Gasteiger partial charge in [-0.25, -0.2) is 0 Å². The summed E-state index contributed by atoms with van der Waals surface area (Å²) in [5.74, 6) is 0.723. The number of hydrogen-bond acceptors (Lipinski definition) is 3. The fourth-order valence-corrected chi connectivity index (χ4v) is 2.91. The van der Waals surface area contributed by atoms with Crippen LogP contribution in [-0.4, -0.2) is 22.8 Å². The molecule has 0 bridgehead atoms. The van der Waals surface area contributed by atoms with Gasteiger partial charge in [-0.2, -0.15) is 0 Å². The first-order valence-corrected chi connectivity index (χ1v) is 8.96. The van der Waals surface area contributed by atoms with E-state index in [1.54, 1.807) is 29.4 Å². The molecule has 1 aromatic heterocycles. The Hall–Kier alpha value is -3.14. The Morgan fingerprint density at radius 3 is 2.52 bits per heavy atom. The molecule has 0 aliphatic carbocycles. The monoisotopic (exact) mass is 360 g/mol. The number of carbonyl (C=O) groups is 1. The minimum Gasteiger partial charge on any atom is -0.489 e. The summed E-state index contributed by atoms with van der Waals surface area (Å²) in [5, 5.41) is 0. The zero-order valence-corrected chi connectivity index (χ0v) is 16.0. The van der Waals surface area contributed by atoms with Gasteiger partial charge < -0.3 is 9.64 Å². The first-order chi connectivity index (χ1) is 13.0. The summed E-state index contributed by atoms with van der Waals surface area (Å²) >= 11 is 0. The number of rotatable bonds is 6. The van der Waals surface area contributed by atoms with Crippen molar-refractivity contribution >= 4 is 5.91 Å². The molecule has 0 unspecified atom stereocenters. The van der Waals surface area contributed by atoms with Crippen molar-refractivity contribution in [2.45, 2.75) is 27.0 Å². The molecule has 1 amide bonds. The van der Waals surface area contributed by atoms with Crippen LogP contribution < -0.4 is 4.74 Å². The molecule has 0 N–H and O–H groups in total. The molecule has 3 rings (SSSR count). The van der Waals surface area contributed by atoms with E-state index in [4.69, 9.17) is 4.74 Å². The Labute approximate surface area is 160 Å². The lowest BCUT2D eigenvalue weighted by atomic mass is 10.1. The van der Waals surface area contributed by atoms with Crippen LogP contribution in [0, 0.1) is 13.8 Å². The summed E-state index contributed by atoms with van der Waals surface area (Å²) < 4.78 is 5.74. The highest BCUT2D eigenvalue weighted by molar-refractivity contribution is 5.94. The lowest BCUT2D eigenvalue weighted by Crippen LogP contribution is -2.26. The van der Waals surface area contributed by atoms with Gasteiger partial charge in [-0.1, -0.05) is 29.8 Å². The molecular formula is C23H24N2O2. The molecule has 1 heterocycles. The standard InChI is InChI=1S/C23H24N2O2/c1-17-6-7-21(18(2)13-17)15-25(3)23(26)20-8-10-22(11-9-20)27-16-19-5-4-12-24-14-19/h4-14H,15-16H2,1-3H3. The van der Waals surface area contributed by atoms with E-state index in [2.05, 4.69) is 37.0 Å². The Morgan fingerprint density at radius 2 is 1.85 bits per heavy atom. The average molecular weight is 360 g/mol. The van der Waals surface area contributed by atoms with E-state index in [-0.39, 0.29) is 5.91 Å². The molecular weight excluding hydrogens is 336 g/mol. The van der Waals surface area contributed by atoms with Crippen molar-refractivity contribution in [2.24, 2.45) is 0 Å². The minimum atomic E-state index is -0.00576. The molecule has 0 aliphatic heterocycles. The van der Waals surface area contributed by atoms with E-state index < -0.39 is 0 Å². The maximum absolute atomic E-state index is 12.7. The van der Waals surface area contributed by atoms with Crippen molar-refractivity contribution in [1.29, 1.82) is 0 Å². The topological polar surface area (TPSA) is 42.4 Å². The first-order valence-electron chi connectivity index (χ1n) is 8.96. The van der Waals surface area contributed by atoms with E-state index in [1.807, 2.05) is 31.3 Å². The highest BCUT2D eigenvalue weighted by Crippen LogP contribution is 2.17. The molecule has 0 spiro atoms. The number of hydrogen-bond donors (Lipinski definition) is 0. The predicted octanol–water partition coefficient (Wildman–Crippen LogP) is 4.55. The molecule has 0 fully saturated rings. The smallest absolute Gasteiger partial charge is 0.253 e. The molecule has 4 heteroatoms. The van der Waals surface area contributed by atoms with Crippen molar-refractivity contribution in [1.82, 2.24) is 9.88 Å². The van der Waals surface area contributed by atoms with Gasteiger partial charge in [0, 0.05) is 37.1 Å². The maximum Gasteiger partial charge on any atom is 0.253 e. The van der Waals surface area contributed by atoms with Crippen molar-refractivity contribution in [3.05, 3.63) is 94.8 Å². The first kappa shape index (κ1) is 18.6. The number of aromatic nitrogens is 1. The molecule has 0 aliphatic rings. The molecule has 0 saturated heterocycles. The van der Waals surface area contributed by atoms with Crippen LogP contribution in [0.25, 0.3) is 0 Å². The lowest BCUT2D eigenvalue weighted by Gasteiger charge is -2.19. The largest absolute Gasteiger partial charge is 0.489 e. The number of ether oxygens (including phenoxy) is 1. The Balaban J connectivity index is 1.61. The van der Waals surface area contributed by atoms with E-state index in [9.17, 15) is 4.79 Å². The molecule has 0 saturated carbocycles. The van der Waals surface area contributed by atoms with Crippen molar-refractivity contribution in [2.75, 3.05) is 7.05 Å². The van der Waals surface area contributed by atoms with Crippen LogP contribution in [0.5, 0.6) is 5.75 Å². The Morgan fingerprint density at radius 1 is 1.07 bits per heavy atom. The van der Waals surface area contributed by atoms with Gasteiger partial charge in [-0.15, -0.1) is 0 Å². The molecule has 0 atom stereocenters. The number of amides is 1. The number of nitrogens with zero attached hydrogens (tertiary/aromatic N) is 2. The number of pyridine rings is 1. The summed E-state index contributed by atoms with van der Waals surface area (Å²) in [7, 11) is 1.83. The third-order valence-corrected chi connectivity index (χ3v) is 4.48. The van der Waals surface area contributed by atoms with Crippen LogP contribution in [0.1, 0.15) is 32.6 Å². The second-order valence-corrected chi connectivity index (χ2v) is 6.77. The number of benzene rings is 2. The van der Waals surface area contributed by atoms with Gasteiger partial charge in [0.1, 0.15) is 12.4 Å². The Bertz CT molecular complexity index is 905. The van der Waals surface area contributed by atoms with Gasteiger partial charge in [-0.3, -0.25) is 9.78 Å². The van der Waals surface area contributed by atoms with E-state index in [0.717, 1.165) is 16.9 Å². The van der Waals surface area contributed by atoms with Gasteiger partial charge in [0.2, 0.25) is 0 Å². The van der Waals surface area contributed by atoms with Gasteiger partial charge in [0.15, 0.2) is 0 Å². The van der Waals surface area contributed by atoms with Gasteiger partial charge in [0.05, 0.1) is 0 Å². The van der Waals surface area contributed by atoms with Crippen LogP contribution in [0.3, 0.4) is 0 Å². The fourth-order valence-electron chi connectivity index (χ4n) is 2.91. The highest BCUT2D eigenvalue weighted by Gasteiger charge is 2.13. The summed E-state index contributed by atoms with van der Waals surface area (Å²) in [6, 6.07) is 17.4. The second-order valence-electron chi connectivity index (χ2n) is 6.77.